The van der Waals surface area contributed by atoms with Gasteiger partial charge in [-0.3, -0.25) is 19.7 Å². The molecule has 1 aromatic rings. The van der Waals surface area contributed by atoms with Gasteiger partial charge in [-0.15, -0.1) is 0 Å². The second kappa shape index (κ2) is 7.54. The van der Waals surface area contributed by atoms with Crippen molar-refractivity contribution >= 4 is 23.2 Å². The molecule has 0 atom stereocenters. The first kappa shape index (κ1) is 19.1. The fourth-order valence-corrected chi connectivity index (χ4v) is 3.66. The van der Waals surface area contributed by atoms with E-state index >= 15 is 0 Å². The minimum Gasteiger partial charge on any atom is -0.362 e. The average molecular weight is 374 g/mol. The van der Waals surface area contributed by atoms with Gasteiger partial charge < -0.3 is 14.7 Å². The number of nitro benzene ring substituents is 1. The molecule has 3 rings (SSSR count). The van der Waals surface area contributed by atoms with E-state index in [2.05, 4.69) is 0 Å². The monoisotopic (exact) mass is 374 g/mol. The molecule has 0 radical (unpaired) electrons. The van der Waals surface area contributed by atoms with Crippen LogP contribution in [0.25, 0.3) is 0 Å². The van der Waals surface area contributed by atoms with Crippen molar-refractivity contribution in [1.29, 1.82) is 0 Å². The number of carbonyl (C=O) groups is 2. The molecule has 146 valence electrons. The molecule has 0 unspecified atom stereocenters. The normalized spacial score (nSPS) is 17.2. The summed E-state index contributed by atoms with van der Waals surface area (Å²) in [7, 11) is 0. The second-order valence-corrected chi connectivity index (χ2v) is 7.49. The maximum Gasteiger partial charge on any atom is 0.293 e. The molecule has 1 aliphatic heterocycles. The van der Waals surface area contributed by atoms with Gasteiger partial charge in [0.05, 0.1) is 4.92 Å². The summed E-state index contributed by atoms with van der Waals surface area (Å²) in [4.78, 5) is 41.1. The summed E-state index contributed by atoms with van der Waals surface area (Å²) >= 11 is 0. The van der Waals surface area contributed by atoms with Gasteiger partial charge in [0.25, 0.3) is 11.6 Å². The Morgan fingerprint density at radius 2 is 1.81 bits per heavy atom. The fraction of sp³-hybridized carbons (Fsp3) is 0.579. The van der Waals surface area contributed by atoms with Crippen LogP contribution in [0, 0.1) is 10.1 Å². The first-order chi connectivity index (χ1) is 12.8. The topological polar surface area (TPSA) is 87.0 Å². The van der Waals surface area contributed by atoms with Gasteiger partial charge in [-0.1, -0.05) is 0 Å². The molecule has 0 aromatic heterocycles. The molecular weight excluding hydrogens is 348 g/mol. The SMILES string of the molecule is CC(=O)N1CCN(c2ccc(C(=O)N(C(C)C)C3CC3)cc2[N+](=O)[O-])CC1. The maximum atomic E-state index is 12.9. The molecule has 1 heterocycles. The molecule has 0 spiro atoms. The highest BCUT2D eigenvalue weighted by molar-refractivity contribution is 5.96. The minimum absolute atomic E-state index is 0.0129. The molecule has 0 bridgehead atoms. The van der Waals surface area contributed by atoms with E-state index in [1.54, 1.807) is 17.0 Å². The predicted octanol–water partition coefficient (Wildman–Crippen LogP) is 2.28. The molecule has 1 saturated heterocycles. The van der Waals surface area contributed by atoms with E-state index in [1.807, 2.05) is 23.6 Å². The third kappa shape index (κ3) is 4.04. The Morgan fingerprint density at radius 3 is 2.30 bits per heavy atom. The molecule has 0 N–H and O–H groups in total. The summed E-state index contributed by atoms with van der Waals surface area (Å²) in [6.07, 6.45) is 1.98. The molecule has 1 saturated carbocycles. The van der Waals surface area contributed by atoms with Crippen molar-refractivity contribution in [1.82, 2.24) is 9.80 Å². The van der Waals surface area contributed by atoms with Crippen LogP contribution in [0.4, 0.5) is 11.4 Å². The third-order valence-electron chi connectivity index (χ3n) is 5.22. The van der Waals surface area contributed by atoms with Crippen molar-refractivity contribution in [3.05, 3.63) is 33.9 Å². The summed E-state index contributed by atoms with van der Waals surface area (Å²) in [6, 6.07) is 5.05. The van der Waals surface area contributed by atoms with Crippen molar-refractivity contribution in [2.45, 2.75) is 45.7 Å². The smallest absolute Gasteiger partial charge is 0.293 e. The Bertz CT molecular complexity index is 750. The highest BCUT2D eigenvalue weighted by atomic mass is 16.6. The lowest BCUT2D eigenvalue weighted by atomic mass is 10.1. The van der Waals surface area contributed by atoms with Crippen LogP contribution in [-0.4, -0.2) is 64.8 Å². The number of nitro groups is 1. The van der Waals surface area contributed by atoms with Crippen LogP contribution in [0.3, 0.4) is 0 Å². The lowest BCUT2D eigenvalue weighted by Gasteiger charge is -2.35. The van der Waals surface area contributed by atoms with Crippen LogP contribution >= 0.6 is 0 Å². The van der Waals surface area contributed by atoms with Gasteiger partial charge in [0.2, 0.25) is 5.91 Å². The minimum atomic E-state index is -0.430. The maximum absolute atomic E-state index is 12.9. The summed E-state index contributed by atoms with van der Waals surface area (Å²) < 4.78 is 0. The number of benzene rings is 1. The summed E-state index contributed by atoms with van der Waals surface area (Å²) in [5, 5.41) is 11.7. The van der Waals surface area contributed by atoms with Gasteiger partial charge in [-0.25, -0.2) is 0 Å². The van der Waals surface area contributed by atoms with Crippen molar-refractivity contribution in [3.63, 3.8) is 0 Å². The lowest BCUT2D eigenvalue weighted by Crippen LogP contribution is -2.48. The molecule has 2 amide bonds. The molecule has 27 heavy (non-hydrogen) atoms. The van der Waals surface area contributed by atoms with Crippen LogP contribution in [-0.2, 0) is 4.79 Å². The van der Waals surface area contributed by atoms with Crippen molar-refractivity contribution in [2.24, 2.45) is 0 Å². The standard InChI is InChI=1S/C19H26N4O4/c1-13(2)22(16-5-6-16)19(25)15-4-7-17(18(12-15)23(26)27)21-10-8-20(9-11-21)14(3)24/h4,7,12-13,16H,5-6,8-11H2,1-3H3. The summed E-state index contributed by atoms with van der Waals surface area (Å²) in [5.41, 5.74) is 0.798. The van der Waals surface area contributed by atoms with Gasteiger partial charge in [-0.2, -0.15) is 0 Å². The van der Waals surface area contributed by atoms with E-state index in [1.165, 1.54) is 13.0 Å². The summed E-state index contributed by atoms with van der Waals surface area (Å²) in [6.45, 7) is 7.60. The Balaban J connectivity index is 1.84. The van der Waals surface area contributed by atoms with Gasteiger partial charge in [-0.05, 0) is 38.8 Å². The molecule has 8 nitrogen and oxygen atoms in total. The van der Waals surface area contributed by atoms with E-state index in [0.717, 1.165) is 12.8 Å². The van der Waals surface area contributed by atoms with Crippen molar-refractivity contribution in [2.75, 3.05) is 31.1 Å². The van der Waals surface area contributed by atoms with Crippen LogP contribution in [0.2, 0.25) is 0 Å². The number of hydrogen-bond acceptors (Lipinski definition) is 5. The van der Waals surface area contributed by atoms with Crippen LogP contribution in [0.5, 0.6) is 0 Å². The van der Waals surface area contributed by atoms with Gasteiger partial charge in [0.15, 0.2) is 0 Å². The van der Waals surface area contributed by atoms with Gasteiger partial charge in [0.1, 0.15) is 5.69 Å². The van der Waals surface area contributed by atoms with Crippen LogP contribution < -0.4 is 4.90 Å². The lowest BCUT2D eigenvalue weighted by molar-refractivity contribution is -0.384. The highest BCUT2D eigenvalue weighted by Gasteiger charge is 2.35. The van der Waals surface area contributed by atoms with E-state index in [9.17, 15) is 19.7 Å². The first-order valence-corrected chi connectivity index (χ1v) is 9.41. The molecule has 1 aliphatic carbocycles. The Hall–Kier alpha value is -2.64. The summed E-state index contributed by atoms with van der Waals surface area (Å²) in [5.74, 6) is -0.137. The zero-order valence-corrected chi connectivity index (χ0v) is 16.1. The molecule has 2 aliphatic rings. The average Bonchev–Trinajstić information content (AvgIpc) is 3.45. The Morgan fingerprint density at radius 1 is 1.19 bits per heavy atom. The Labute approximate surface area is 158 Å². The fourth-order valence-electron chi connectivity index (χ4n) is 3.66. The number of rotatable bonds is 5. The number of amides is 2. The number of anilines is 1. The zero-order valence-electron chi connectivity index (χ0n) is 16.1. The van der Waals surface area contributed by atoms with Crippen LogP contribution in [0.15, 0.2) is 18.2 Å². The quantitative estimate of drug-likeness (QED) is 0.583. The largest absolute Gasteiger partial charge is 0.362 e. The highest BCUT2D eigenvalue weighted by Crippen LogP contribution is 2.33. The zero-order chi connectivity index (χ0) is 19.7. The third-order valence-corrected chi connectivity index (χ3v) is 5.22. The van der Waals surface area contributed by atoms with E-state index in [4.69, 9.17) is 0 Å². The molecule has 2 fully saturated rings. The number of nitrogens with zero attached hydrogens (tertiary/aromatic N) is 4. The molecular formula is C19H26N4O4. The van der Waals surface area contributed by atoms with Gasteiger partial charge >= 0.3 is 0 Å². The second-order valence-electron chi connectivity index (χ2n) is 7.49. The number of piperazine rings is 1. The number of hydrogen-bond donors (Lipinski definition) is 0. The van der Waals surface area contributed by atoms with Crippen molar-refractivity contribution < 1.29 is 14.5 Å². The Kier molecular flexibility index (Phi) is 5.34. The molecule has 1 aromatic carbocycles. The van der Waals surface area contributed by atoms with E-state index in [-0.39, 0.29) is 29.6 Å². The van der Waals surface area contributed by atoms with Crippen molar-refractivity contribution in [3.8, 4) is 0 Å². The molecule has 8 heteroatoms. The van der Waals surface area contributed by atoms with Gasteiger partial charge in [0, 0.05) is 56.8 Å². The van der Waals surface area contributed by atoms with E-state index < -0.39 is 4.92 Å². The van der Waals surface area contributed by atoms with E-state index in [0.29, 0.717) is 37.4 Å². The number of carbonyl (C=O) groups excluding carboxylic acids is 2. The first-order valence-electron chi connectivity index (χ1n) is 9.41. The van der Waals surface area contributed by atoms with Crippen LogP contribution in [0.1, 0.15) is 44.0 Å². The predicted molar refractivity (Wildman–Crippen MR) is 102 cm³/mol.